The number of nitrogens with zero attached hydrogens (tertiary/aromatic N) is 5. The van der Waals surface area contributed by atoms with E-state index in [1.54, 1.807) is 6.07 Å². The molecule has 170 valence electrons. The van der Waals surface area contributed by atoms with E-state index in [-0.39, 0.29) is 17.5 Å². The van der Waals surface area contributed by atoms with Gasteiger partial charge in [-0.1, -0.05) is 12.1 Å². The van der Waals surface area contributed by atoms with E-state index in [1.165, 1.54) is 4.52 Å². The molecule has 0 radical (unpaired) electrons. The average molecular weight is 439 g/mol. The number of aromatic nitrogens is 4. The Labute approximate surface area is 186 Å². The lowest BCUT2D eigenvalue weighted by atomic mass is 10.1. The molecule has 5 rings (SSSR count). The molecule has 9 heteroatoms. The molecule has 1 amide bonds. The van der Waals surface area contributed by atoms with Gasteiger partial charge in [0.25, 0.3) is 11.5 Å². The number of H-pyrrole nitrogens is 1. The van der Waals surface area contributed by atoms with Crippen LogP contribution in [0.1, 0.15) is 79.3 Å². The molecule has 32 heavy (non-hydrogen) atoms. The zero-order chi connectivity index (χ0) is 22.4. The Bertz CT molecular complexity index is 1210. The Morgan fingerprint density at radius 1 is 1.31 bits per heavy atom. The largest absolute Gasteiger partial charge is 0.361 e. The maximum absolute atomic E-state index is 13.1. The summed E-state index contributed by atoms with van der Waals surface area (Å²) >= 11 is 0. The number of aromatic amines is 1. The Balaban J connectivity index is 1.45. The fourth-order valence-corrected chi connectivity index (χ4v) is 4.90. The first kappa shape index (κ1) is 20.9. The number of rotatable bonds is 5. The lowest BCUT2D eigenvalue weighted by molar-refractivity contribution is 0.0722. The number of aryl methyl sites for hydroxylation is 1. The van der Waals surface area contributed by atoms with Crippen LogP contribution in [0.3, 0.4) is 0 Å². The van der Waals surface area contributed by atoms with Gasteiger partial charge in [0.1, 0.15) is 5.76 Å². The van der Waals surface area contributed by atoms with E-state index < -0.39 is 0 Å². The molecule has 9 nitrogen and oxygen atoms in total. The minimum absolute atomic E-state index is 0.0313. The summed E-state index contributed by atoms with van der Waals surface area (Å²) in [6, 6.07) is 3.93. The van der Waals surface area contributed by atoms with Gasteiger partial charge in [-0.25, -0.2) is 9.50 Å². The predicted molar refractivity (Wildman–Crippen MR) is 119 cm³/mol. The van der Waals surface area contributed by atoms with Gasteiger partial charge >= 0.3 is 0 Å². The van der Waals surface area contributed by atoms with Crippen molar-refractivity contribution in [1.29, 1.82) is 0 Å². The molecule has 2 aliphatic heterocycles. The highest BCUT2D eigenvalue weighted by molar-refractivity contribution is 5.92. The summed E-state index contributed by atoms with van der Waals surface area (Å²) in [5.74, 6) is 0.596. The van der Waals surface area contributed by atoms with Crippen LogP contribution >= 0.6 is 0 Å². The van der Waals surface area contributed by atoms with Crippen LogP contribution in [0, 0.1) is 0 Å². The summed E-state index contributed by atoms with van der Waals surface area (Å²) < 4.78 is 6.85. The number of likely N-dealkylation sites (tertiary alicyclic amines) is 1. The van der Waals surface area contributed by atoms with Crippen molar-refractivity contribution in [2.24, 2.45) is 0 Å². The van der Waals surface area contributed by atoms with Gasteiger partial charge in [0.05, 0.1) is 17.4 Å². The summed E-state index contributed by atoms with van der Waals surface area (Å²) in [6.45, 7) is 8.60. The number of nitrogens with one attached hydrogen (secondary N) is 1. The minimum atomic E-state index is -0.140. The third kappa shape index (κ3) is 3.54. The zero-order valence-electron chi connectivity index (χ0n) is 18.9. The van der Waals surface area contributed by atoms with E-state index in [0.29, 0.717) is 36.9 Å². The van der Waals surface area contributed by atoms with Gasteiger partial charge in [-0.15, -0.1) is 0 Å². The van der Waals surface area contributed by atoms with Crippen LogP contribution < -0.4 is 5.56 Å². The molecule has 0 aliphatic carbocycles. The molecule has 1 N–H and O–H groups in total. The van der Waals surface area contributed by atoms with Gasteiger partial charge < -0.3 is 9.42 Å². The molecule has 0 saturated carbocycles. The standard InChI is InChI=1S/C23H30N6O3/c1-4-6-15-11-18(26-32-15)23(31)28-9-5-7-20(28)17-12-21-24-19-13-27(14(2)3)10-8-16(19)22(30)29(21)25-17/h11-12,14,20,25H,4-10,13H2,1-3H3/t20-/m1/s1. The predicted octanol–water partition coefficient (Wildman–Crippen LogP) is 2.71. The molecule has 0 unspecified atom stereocenters. The first-order valence-electron chi connectivity index (χ1n) is 11.6. The normalized spacial score (nSPS) is 19.2. The van der Waals surface area contributed by atoms with Crippen molar-refractivity contribution in [2.75, 3.05) is 13.1 Å². The highest BCUT2D eigenvalue weighted by atomic mass is 16.5. The number of amides is 1. The van der Waals surface area contributed by atoms with Crippen molar-refractivity contribution in [1.82, 2.24) is 29.6 Å². The van der Waals surface area contributed by atoms with Crippen molar-refractivity contribution in [3.05, 3.63) is 50.9 Å². The smallest absolute Gasteiger partial charge is 0.276 e. The molecule has 3 aromatic heterocycles. The summed E-state index contributed by atoms with van der Waals surface area (Å²) in [4.78, 5) is 35.3. The maximum Gasteiger partial charge on any atom is 0.276 e. The Morgan fingerprint density at radius 2 is 2.16 bits per heavy atom. The monoisotopic (exact) mass is 438 g/mol. The third-order valence-electron chi connectivity index (χ3n) is 6.69. The highest BCUT2D eigenvalue weighted by Crippen LogP contribution is 2.33. The van der Waals surface area contributed by atoms with Crippen molar-refractivity contribution >= 4 is 11.6 Å². The molecule has 3 aromatic rings. The molecular weight excluding hydrogens is 408 g/mol. The van der Waals surface area contributed by atoms with Gasteiger partial charge in [0.2, 0.25) is 0 Å². The number of carbonyl (C=O) groups is 1. The molecule has 1 fully saturated rings. The molecule has 0 bridgehead atoms. The lowest BCUT2D eigenvalue weighted by Crippen LogP contribution is -2.39. The molecule has 2 aliphatic rings. The number of hydrogen-bond acceptors (Lipinski definition) is 6. The Kier molecular flexibility index (Phi) is 5.36. The summed E-state index contributed by atoms with van der Waals surface area (Å²) in [7, 11) is 0. The zero-order valence-corrected chi connectivity index (χ0v) is 18.9. The van der Waals surface area contributed by atoms with Crippen LogP contribution in [0.5, 0.6) is 0 Å². The van der Waals surface area contributed by atoms with Crippen molar-refractivity contribution < 1.29 is 9.32 Å². The molecule has 1 saturated heterocycles. The Morgan fingerprint density at radius 3 is 2.94 bits per heavy atom. The first-order chi connectivity index (χ1) is 15.5. The van der Waals surface area contributed by atoms with Gasteiger partial charge in [0.15, 0.2) is 11.3 Å². The van der Waals surface area contributed by atoms with Crippen LogP contribution in [0.2, 0.25) is 0 Å². The fraction of sp³-hybridized carbons (Fsp3) is 0.565. The average Bonchev–Trinajstić information content (AvgIpc) is 3.52. The fourth-order valence-electron chi connectivity index (χ4n) is 4.90. The second kappa shape index (κ2) is 8.20. The van der Waals surface area contributed by atoms with Crippen LogP contribution in [0.4, 0.5) is 0 Å². The second-order valence-electron chi connectivity index (χ2n) is 9.15. The van der Waals surface area contributed by atoms with Gasteiger partial charge in [0, 0.05) is 49.8 Å². The van der Waals surface area contributed by atoms with E-state index >= 15 is 0 Å². The molecule has 0 spiro atoms. The molecule has 0 aromatic carbocycles. The summed E-state index contributed by atoms with van der Waals surface area (Å²) in [5.41, 5.74) is 3.41. The van der Waals surface area contributed by atoms with Crippen molar-refractivity contribution in [2.45, 2.75) is 71.5 Å². The van der Waals surface area contributed by atoms with Gasteiger partial charge in [-0.05, 0) is 39.5 Å². The van der Waals surface area contributed by atoms with Crippen LogP contribution in [-0.2, 0) is 19.4 Å². The van der Waals surface area contributed by atoms with E-state index in [2.05, 4.69) is 35.9 Å². The molecule has 1 atom stereocenters. The first-order valence-corrected chi connectivity index (χ1v) is 11.6. The van der Waals surface area contributed by atoms with E-state index in [0.717, 1.165) is 54.9 Å². The van der Waals surface area contributed by atoms with Crippen LogP contribution in [0.25, 0.3) is 5.65 Å². The molecule has 5 heterocycles. The third-order valence-corrected chi connectivity index (χ3v) is 6.69. The van der Waals surface area contributed by atoms with Crippen molar-refractivity contribution in [3.8, 4) is 0 Å². The maximum atomic E-state index is 13.1. The number of fused-ring (bicyclic) bond motifs is 2. The molecular formula is C23H30N6O3. The number of carbonyl (C=O) groups excluding carboxylic acids is 1. The minimum Gasteiger partial charge on any atom is -0.361 e. The van der Waals surface area contributed by atoms with Gasteiger partial charge in [-0.2, -0.15) is 0 Å². The van der Waals surface area contributed by atoms with Crippen molar-refractivity contribution in [3.63, 3.8) is 0 Å². The topological polar surface area (TPSA) is 99.7 Å². The van der Waals surface area contributed by atoms with Gasteiger partial charge in [-0.3, -0.25) is 19.6 Å². The summed E-state index contributed by atoms with van der Waals surface area (Å²) in [5, 5.41) is 7.23. The van der Waals surface area contributed by atoms with E-state index in [1.807, 2.05) is 11.0 Å². The lowest BCUT2D eigenvalue weighted by Gasteiger charge is -2.30. The van der Waals surface area contributed by atoms with E-state index in [9.17, 15) is 9.59 Å². The quantitative estimate of drug-likeness (QED) is 0.658. The second-order valence-corrected chi connectivity index (χ2v) is 9.15. The number of hydrogen-bond donors (Lipinski definition) is 1. The Hall–Kier alpha value is -2.94. The highest BCUT2D eigenvalue weighted by Gasteiger charge is 2.34. The van der Waals surface area contributed by atoms with Crippen LogP contribution in [-0.4, -0.2) is 54.6 Å². The van der Waals surface area contributed by atoms with E-state index in [4.69, 9.17) is 9.51 Å². The SMILES string of the molecule is CCCc1cc(C(=O)N2CCC[C@@H]2c2cc3nc4c(c(=O)n3[nH]2)CCN(C(C)C)C4)no1. The van der Waals surface area contributed by atoms with Crippen LogP contribution in [0.15, 0.2) is 21.5 Å². The summed E-state index contributed by atoms with van der Waals surface area (Å²) in [6.07, 6.45) is 4.13.